The van der Waals surface area contributed by atoms with Crippen molar-refractivity contribution in [3.8, 4) is 11.5 Å². The van der Waals surface area contributed by atoms with Crippen molar-refractivity contribution in [3.63, 3.8) is 0 Å². The summed E-state index contributed by atoms with van der Waals surface area (Å²) in [4.78, 5) is 15.9. The van der Waals surface area contributed by atoms with Gasteiger partial charge in [0.15, 0.2) is 11.5 Å². The monoisotopic (exact) mass is 364 g/mol. The van der Waals surface area contributed by atoms with Crippen molar-refractivity contribution < 1.29 is 9.47 Å². The molecule has 1 atom stereocenters. The van der Waals surface area contributed by atoms with Crippen LogP contribution in [0.5, 0.6) is 11.5 Å². The third kappa shape index (κ3) is 3.08. The highest BCUT2D eigenvalue weighted by molar-refractivity contribution is 5.80. The molecule has 0 spiro atoms. The number of rotatable bonds is 4. The van der Waals surface area contributed by atoms with Crippen molar-refractivity contribution >= 4 is 10.9 Å². The Morgan fingerprint density at radius 3 is 2.56 bits per heavy atom. The van der Waals surface area contributed by atoms with Gasteiger partial charge in [-0.25, -0.2) is 0 Å². The third-order valence-corrected chi connectivity index (χ3v) is 5.36. The van der Waals surface area contributed by atoms with Crippen LogP contribution in [0.4, 0.5) is 0 Å². The molecule has 1 aromatic heterocycles. The highest BCUT2D eigenvalue weighted by atomic mass is 16.5. The van der Waals surface area contributed by atoms with E-state index in [1.807, 2.05) is 24.3 Å². The van der Waals surface area contributed by atoms with E-state index in [4.69, 9.17) is 9.47 Å². The zero-order valence-corrected chi connectivity index (χ0v) is 15.9. The van der Waals surface area contributed by atoms with Gasteiger partial charge >= 0.3 is 0 Å². The molecule has 3 aromatic rings. The molecule has 0 radical (unpaired) electrons. The first-order valence-corrected chi connectivity index (χ1v) is 9.28. The maximum atomic E-state index is 12.8. The number of aromatic amines is 1. The van der Waals surface area contributed by atoms with E-state index < -0.39 is 0 Å². The van der Waals surface area contributed by atoms with E-state index in [1.54, 1.807) is 14.2 Å². The van der Waals surface area contributed by atoms with Gasteiger partial charge in [-0.3, -0.25) is 4.79 Å². The molecule has 5 nitrogen and oxygen atoms in total. The summed E-state index contributed by atoms with van der Waals surface area (Å²) in [7, 11) is 3.27. The van der Waals surface area contributed by atoms with Crippen LogP contribution in [0, 0.1) is 0 Å². The molecular formula is C22H24N2O3. The molecule has 2 aromatic carbocycles. The molecule has 4 rings (SSSR count). The lowest BCUT2D eigenvalue weighted by Gasteiger charge is -2.28. The van der Waals surface area contributed by atoms with Crippen LogP contribution in [0.15, 0.2) is 41.2 Å². The summed E-state index contributed by atoms with van der Waals surface area (Å²) in [5.41, 5.74) is 5.03. The Kier molecular flexibility index (Phi) is 4.62. The summed E-state index contributed by atoms with van der Waals surface area (Å²) in [6.45, 7) is 2.94. The first-order chi connectivity index (χ1) is 13.1. The number of aryl methyl sites for hydroxylation is 1. The van der Waals surface area contributed by atoms with Crippen LogP contribution in [0.2, 0.25) is 0 Å². The summed E-state index contributed by atoms with van der Waals surface area (Å²) < 4.78 is 10.9. The zero-order chi connectivity index (χ0) is 19.0. The van der Waals surface area contributed by atoms with Crippen molar-refractivity contribution in [1.29, 1.82) is 0 Å². The summed E-state index contributed by atoms with van der Waals surface area (Å²) in [5, 5.41) is 4.55. The van der Waals surface area contributed by atoms with E-state index in [2.05, 4.69) is 29.4 Å². The molecule has 2 heterocycles. The Bertz CT molecular complexity index is 1060. The van der Waals surface area contributed by atoms with Gasteiger partial charge < -0.3 is 19.8 Å². The number of fused-ring (bicyclic) bond motifs is 2. The fourth-order valence-electron chi connectivity index (χ4n) is 3.87. The van der Waals surface area contributed by atoms with Gasteiger partial charge in [0.25, 0.3) is 5.56 Å². The predicted octanol–water partition coefficient (Wildman–Crippen LogP) is 3.34. The van der Waals surface area contributed by atoms with Crippen LogP contribution in [0.25, 0.3) is 10.9 Å². The average Bonchev–Trinajstić information content (AvgIpc) is 2.71. The van der Waals surface area contributed by atoms with Gasteiger partial charge in [-0.2, -0.15) is 0 Å². The highest BCUT2D eigenvalue weighted by Crippen LogP contribution is 2.37. The van der Waals surface area contributed by atoms with Crippen molar-refractivity contribution in [2.75, 3.05) is 20.8 Å². The summed E-state index contributed by atoms with van der Waals surface area (Å²) in [5.74, 6) is 1.40. The molecule has 0 bridgehead atoms. The molecule has 2 N–H and O–H groups in total. The molecule has 1 aliphatic rings. The number of hydrogen-bond donors (Lipinski definition) is 2. The van der Waals surface area contributed by atoms with Gasteiger partial charge in [-0.05, 0) is 65.3 Å². The number of H-pyrrole nitrogens is 1. The van der Waals surface area contributed by atoms with Gasteiger partial charge in [0.05, 0.1) is 20.3 Å². The summed E-state index contributed by atoms with van der Waals surface area (Å²) in [6, 6.07) is 12.0. The van der Waals surface area contributed by atoms with Crippen LogP contribution in [-0.4, -0.2) is 25.7 Å². The van der Waals surface area contributed by atoms with Crippen LogP contribution in [0.3, 0.4) is 0 Å². The van der Waals surface area contributed by atoms with Crippen LogP contribution in [-0.2, 0) is 12.8 Å². The molecule has 0 saturated heterocycles. The largest absolute Gasteiger partial charge is 0.493 e. The Hall–Kier alpha value is -2.79. The molecular weight excluding hydrogens is 340 g/mol. The first-order valence-electron chi connectivity index (χ1n) is 9.28. The smallest absolute Gasteiger partial charge is 0.253 e. The minimum absolute atomic E-state index is 0.0631. The van der Waals surface area contributed by atoms with E-state index in [0.717, 1.165) is 47.2 Å². The molecule has 0 unspecified atom stereocenters. The SMILES string of the molecule is CCc1ccc2[nH]c(=O)c([C@@H]3NCCc4cc(OC)c(OC)cc43)cc2c1. The summed E-state index contributed by atoms with van der Waals surface area (Å²) in [6.07, 6.45) is 1.85. The molecule has 140 valence electrons. The minimum Gasteiger partial charge on any atom is -0.493 e. The van der Waals surface area contributed by atoms with Crippen molar-refractivity contribution in [3.05, 3.63) is 69.0 Å². The second kappa shape index (κ2) is 7.08. The molecule has 27 heavy (non-hydrogen) atoms. The van der Waals surface area contributed by atoms with Crippen molar-refractivity contribution in [2.24, 2.45) is 0 Å². The van der Waals surface area contributed by atoms with Gasteiger partial charge in [-0.15, -0.1) is 0 Å². The lowest BCUT2D eigenvalue weighted by molar-refractivity contribution is 0.353. The molecule has 1 aliphatic heterocycles. The normalized spacial score (nSPS) is 16.2. The number of nitrogens with one attached hydrogen (secondary N) is 2. The van der Waals surface area contributed by atoms with Crippen LogP contribution >= 0.6 is 0 Å². The Balaban J connectivity index is 1.87. The quantitative estimate of drug-likeness (QED) is 0.745. The van der Waals surface area contributed by atoms with Crippen LogP contribution in [0.1, 0.15) is 35.2 Å². The third-order valence-electron chi connectivity index (χ3n) is 5.36. The average molecular weight is 364 g/mol. The fourth-order valence-corrected chi connectivity index (χ4v) is 3.87. The number of pyridine rings is 1. The minimum atomic E-state index is -0.174. The number of methoxy groups -OCH3 is 2. The molecule has 0 fully saturated rings. The predicted molar refractivity (Wildman–Crippen MR) is 107 cm³/mol. The number of hydrogen-bond acceptors (Lipinski definition) is 4. The summed E-state index contributed by atoms with van der Waals surface area (Å²) >= 11 is 0. The lowest BCUT2D eigenvalue weighted by atomic mass is 9.89. The van der Waals surface area contributed by atoms with E-state index in [1.165, 1.54) is 11.1 Å². The Morgan fingerprint density at radius 1 is 1.04 bits per heavy atom. The fraction of sp³-hybridized carbons (Fsp3) is 0.318. The van der Waals surface area contributed by atoms with Crippen molar-refractivity contribution in [2.45, 2.75) is 25.8 Å². The lowest BCUT2D eigenvalue weighted by Crippen LogP contribution is -2.34. The second-order valence-electron chi connectivity index (χ2n) is 6.87. The second-order valence-corrected chi connectivity index (χ2v) is 6.87. The number of benzene rings is 2. The van der Waals surface area contributed by atoms with E-state index >= 15 is 0 Å². The first kappa shape index (κ1) is 17.6. The van der Waals surface area contributed by atoms with Gasteiger partial charge in [0, 0.05) is 17.6 Å². The molecule has 0 saturated carbocycles. The number of ether oxygens (including phenoxy) is 2. The van der Waals surface area contributed by atoms with Gasteiger partial charge in [0.2, 0.25) is 0 Å². The molecule has 0 aliphatic carbocycles. The molecule has 5 heteroatoms. The Labute approximate surface area is 158 Å². The van der Waals surface area contributed by atoms with E-state index in [9.17, 15) is 4.79 Å². The standard InChI is InChI=1S/C22H24N2O3/c1-4-13-5-6-18-15(9-13)10-17(22(25)24-18)21-16-12-20(27-3)19(26-2)11-14(16)7-8-23-21/h5-6,9-12,21,23H,4,7-8H2,1-3H3,(H,24,25)/t21-/m1/s1. The topological polar surface area (TPSA) is 63.4 Å². The Morgan fingerprint density at radius 2 is 1.81 bits per heavy atom. The zero-order valence-electron chi connectivity index (χ0n) is 15.9. The van der Waals surface area contributed by atoms with E-state index in [0.29, 0.717) is 5.75 Å². The van der Waals surface area contributed by atoms with Gasteiger partial charge in [0.1, 0.15) is 0 Å². The van der Waals surface area contributed by atoms with Crippen LogP contribution < -0.4 is 20.3 Å². The molecule has 0 amide bonds. The maximum Gasteiger partial charge on any atom is 0.253 e. The van der Waals surface area contributed by atoms with Crippen molar-refractivity contribution in [1.82, 2.24) is 10.3 Å². The van der Waals surface area contributed by atoms with Gasteiger partial charge in [-0.1, -0.05) is 13.0 Å². The number of aromatic nitrogens is 1. The maximum absolute atomic E-state index is 12.8. The van der Waals surface area contributed by atoms with E-state index in [-0.39, 0.29) is 11.6 Å². The highest BCUT2D eigenvalue weighted by Gasteiger charge is 2.26.